The van der Waals surface area contributed by atoms with E-state index >= 15 is 0 Å². The van der Waals surface area contributed by atoms with E-state index in [4.69, 9.17) is 4.74 Å². The van der Waals surface area contributed by atoms with Gasteiger partial charge in [-0.05, 0) is 68.7 Å². The van der Waals surface area contributed by atoms with Gasteiger partial charge in [0.2, 0.25) is 10.0 Å². The number of hydrogen-bond acceptors (Lipinski definition) is 4. The number of methoxy groups -OCH3 is 1. The number of anilines is 1. The van der Waals surface area contributed by atoms with Gasteiger partial charge < -0.3 is 9.64 Å². The molecule has 0 fully saturated rings. The van der Waals surface area contributed by atoms with E-state index in [0.29, 0.717) is 0 Å². The van der Waals surface area contributed by atoms with E-state index in [0.717, 1.165) is 22.4 Å². The first-order valence-electron chi connectivity index (χ1n) is 11.2. The van der Waals surface area contributed by atoms with E-state index in [2.05, 4.69) is 0 Å². The topological polar surface area (TPSA) is 66.9 Å². The van der Waals surface area contributed by atoms with Crippen molar-refractivity contribution in [1.29, 1.82) is 0 Å². The summed E-state index contributed by atoms with van der Waals surface area (Å²) in [6.07, 6.45) is 0. The number of nitrogens with zero attached hydrogens (tertiary/aromatic N) is 2. The number of aryl methyl sites for hydroxylation is 2. The third-order valence-electron chi connectivity index (χ3n) is 5.71. The normalized spacial score (nSPS) is 11.6. The van der Waals surface area contributed by atoms with E-state index in [1.54, 1.807) is 11.0 Å². The Bertz CT molecular complexity index is 1270. The average molecular weight is 481 g/mol. The highest BCUT2D eigenvalue weighted by atomic mass is 32.2. The van der Waals surface area contributed by atoms with E-state index in [9.17, 15) is 13.2 Å². The average Bonchev–Trinajstić information content (AvgIpc) is 2.81. The molecule has 0 aliphatic carbocycles. The maximum absolute atomic E-state index is 13.7. The maximum Gasteiger partial charge on any atom is 0.258 e. The summed E-state index contributed by atoms with van der Waals surface area (Å²) in [4.78, 5) is 15.3. The Morgan fingerprint density at radius 1 is 0.971 bits per heavy atom. The minimum absolute atomic E-state index is 0.0380. The number of rotatable bonds is 8. The molecule has 6 nitrogen and oxygen atoms in total. The molecular formula is C27H32N2O4S. The predicted octanol–water partition coefficient (Wildman–Crippen LogP) is 5.19. The summed E-state index contributed by atoms with van der Waals surface area (Å²) in [6, 6.07) is 19.7. The van der Waals surface area contributed by atoms with Crippen LogP contribution >= 0.6 is 0 Å². The second kappa shape index (κ2) is 10.4. The van der Waals surface area contributed by atoms with Crippen molar-refractivity contribution < 1.29 is 17.9 Å². The molecule has 3 rings (SSSR count). The minimum Gasteiger partial charge on any atom is -0.495 e. The lowest BCUT2D eigenvalue weighted by Gasteiger charge is -2.29. The van der Waals surface area contributed by atoms with Crippen molar-refractivity contribution in [2.24, 2.45) is 0 Å². The van der Waals surface area contributed by atoms with Gasteiger partial charge in [0.25, 0.3) is 5.91 Å². The van der Waals surface area contributed by atoms with Gasteiger partial charge in [0.05, 0.1) is 7.11 Å². The van der Waals surface area contributed by atoms with Crippen molar-refractivity contribution in [3.8, 4) is 5.75 Å². The van der Waals surface area contributed by atoms with Gasteiger partial charge >= 0.3 is 0 Å². The van der Waals surface area contributed by atoms with Crippen LogP contribution in [0.4, 0.5) is 5.69 Å². The molecule has 0 heterocycles. The molecule has 7 heteroatoms. The van der Waals surface area contributed by atoms with Gasteiger partial charge in [0, 0.05) is 30.9 Å². The monoisotopic (exact) mass is 480 g/mol. The first kappa shape index (κ1) is 25.5. The molecule has 0 saturated heterocycles. The molecule has 3 aromatic carbocycles. The van der Waals surface area contributed by atoms with E-state index in [1.165, 1.54) is 30.6 Å². The molecule has 0 aliphatic rings. The van der Waals surface area contributed by atoms with Crippen LogP contribution < -0.4 is 9.64 Å². The van der Waals surface area contributed by atoms with Crippen molar-refractivity contribution in [2.45, 2.75) is 45.2 Å². The number of sulfonamides is 1. The summed E-state index contributed by atoms with van der Waals surface area (Å²) < 4.78 is 33.6. The third-order valence-corrected chi connectivity index (χ3v) is 7.53. The lowest BCUT2D eigenvalue weighted by Crippen LogP contribution is -2.37. The van der Waals surface area contributed by atoms with Gasteiger partial charge in [-0.15, -0.1) is 0 Å². The summed E-state index contributed by atoms with van der Waals surface area (Å²) in [7, 11) is -0.983. The van der Waals surface area contributed by atoms with Crippen molar-refractivity contribution in [3.05, 3.63) is 89.0 Å². The van der Waals surface area contributed by atoms with E-state index in [1.807, 2.05) is 76.2 Å². The summed E-state index contributed by atoms with van der Waals surface area (Å²) in [5.41, 5.74) is 3.96. The van der Waals surface area contributed by atoms with Crippen molar-refractivity contribution in [3.63, 3.8) is 0 Å². The summed E-state index contributed by atoms with van der Waals surface area (Å²) in [5.74, 6) is -0.0761. The minimum atomic E-state index is -3.92. The number of hydrogen-bond donors (Lipinski definition) is 0. The van der Waals surface area contributed by atoms with Gasteiger partial charge in [-0.2, -0.15) is 4.31 Å². The molecule has 3 aromatic rings. The number of carbonyl (C=O) groups excluding carboxylic acids is 1. The van der Waals surface area contributed by atoms with E-state index < -0.39 is 10.0 Å². The fourth-order valence-corrected chi connectivity index (χ4v) is 5.18. The van der Waals surface area contributed by atoms with Crippen LogP contribution in [0.15, 0.2) is 71.6 Å². The summed E-state index contributed by atoms with van der Waals surface area (Å²) in [5, 5.41) is 0. The molecule has 0 bridgehead atoms. The van der Waals surface area contributed by atoms with Crippen LogP contribution in [0.2, 0.25) is 0 Å². The quantitative estimate of drug-likeness (QED) is 0.445. The SMILES string of the molecule is COc1ccc(C(=O)N(c2cc(C)ccc2C)C(C)C)cc1S(=O)(=O)N(C)Cc1ccccc1. The molecule has 0 spiro atoms. The fraction of sp³-hybridized carbons (Fsp3) is 0.296. The zero-order valence-corrected chi connectivity index (χ0v) is 21.4. The molecule has 0 aliphatic heterocycles. The smallest absolute Gasteiger partial charge is 0.258 e. The fourth-order valence-electron chi connectivity index (χ4n) is 3.84. The first-order chi connectivity index (χ1) is 16.1. The Hall–Kier alpha value is -3.16. The van der Waals surface area contributed by atoms with Crippen LogP contribution in [0.3, 0.4) is 0 Å². The van der Waals surface area contributed by atoms with E-state index in [-0.39, 0.29) is 34.7 Å². The molecule has 180 valence electrons. The van der Waals surface area contributed by atoms with Crippen LogP contribution in [0, 0.1) is 13.8 Å². The first-order valence-corrected chi connectivity index (χ1v) is 12.6. The Morgan fingerprint density at radius 2 is 1.65 bits per heavy atom. The van der Waals surface area contributed by atoms with Gasteiger partial charge in [-0.1, -0.05) is 42.5 Å². The molecule has 0 aromatic heterocycles. The molecule has 34 heavy (non-hydrogen) atoms. The van der Waals surface area contributed by atoms with Gasteiger partial charge in [0.1, 0.15) is 10.6 Å². The highest BCUT2D eigenvalue weighted by Crippen LogP contribution is 2.31. The Labute approximate surface area is 202 Å². The third kappa shape index (κ3) is 5.32. The Kier molecular flexibility index (Phi) is 7.79. The maximum atomic E-state index is 13.7. The molecule has 0 atom stereocenters. The largest absolute Gasteiger partial charge is 0.495 e. The standard InChI is InChI=1S/C27H32N2O4S/c1-19(2)29(24-16-20(3)12-13-21(24)4)27(30)23-14-15-25(33-6)26(17-23)34(31,32)28(5)18-22-10-8-7-9-11-22/h7-17,19H,18H2,1-6H3. The number of carbonyl (C=O) groups is 1. The van der Waals surface area contributed by atoms with Crippen molar-refractivity contribution in [2.75, 3.05) is 19.1 Å². The molecule has 0 unspecified atom stereocenters. The zero-order chi connectivity index (χ0) is 25.0. The van der Waals surface area contributed by atoms with Gasteiger partial charge in [-0.25, -0.2) is 8.42 Å². The molecule has 0 saturated carbocycles. The number of ether oxygens (including phenoxy) is 1. The van der Waals surface area contributed by atoms with Gasteiger partial charge in [-0.3, -0.25) is 4.79 Å². The lowest BCUT2D eigenvalue weighted by atomic mass is 10.1. The highest BCUT2D eigenvalue weighted by Gasteiger charge is 2.29. The van der Waals surface area contributed by atoms with Crippen LogP contribution in [-0.2, 0) is 16.6 Å². The predicted molar refractivity (Wildman–Crippen MR) is 136 cm³/mol. The summed E-state index contributed by atoms with van der Waals surface area (Å²) in [6.45, 7) is 8.01. The second-order valence-electron chi connectivity index (χ2n) is 8.67. The van der Waals surface area contributed by atoms with Crippen LogP contribution in [-0.4, -0.2) is 38.8 Å². The van der Waals surface area contributed by atoms with Gasteiger partial charge in [0.15, 0.2) is 0 Å². The number of benzene rings is 3. The zero-order valence-electron chi connectivity index (χ0n) is 20.6. The summed E-state index contributed by atoms with van der Waals surface area (Å²) >= 11 is 0. The molecule has 1 amide bonds. The number of amides is 1. The molecule has 0 N–H and O–H groups in total. The molecular weight excluding hydrogens is 448 g/mol. The van der Waals surface area contributed by atoms with Crippen LogP contribution in [0.1, 0.15) is 40.9 Å². The van der Waals surface area contributed by atoms with Crippen LogP contribution in [0.25, 0.3) is 0 Å². The molecule has 0 radical (unpaired) electrons. The van der Waals surface area contributed by atoms with Crippen molar-refractivity contribution >= 4 is 21.6 Å². The Morgan fingerprint density at radius 3 is 2.26 bits per heavy atom. The van der Waals surface area contributed by atoms with Crippen LogP contribution in [0.5, 0.6) is 5.75 Å². The lowest BCUT2D eigenvalue weighted by molar-refractivity contribution is 0.0980. The van der Waals surface area contributed by atoms with Crippen molar-refractivity contribution in [1.82, 2.24) is 4.31 Å². The Balaban J connectivity index is 2.04. The highest BCUT2D eigenvalue weighted by molar-refractivity contribution is 7.89. The second-order valence-corrected chi connectivity index (χ2v) is 10.7.